The van der Waals surface area contributed by atoms with Crippen LogP contribution in [0.1, 0.15) is 10.4 Å². The maximum absolute atomic E-state index is 13.1. The zero-order valence-electron chi connectivity index (χ0n) is 7.83. The molecule has 0 saturated heterocycles. The van der Waals surface area contributed by atoms with Gasteiger partial charge in [0.2, 0.25) is 0 Å². The van der Waals surface area contributed by atoms with Gasteiger partial charge in [-0.1, -0.05) is 0 Å². The van der Waals surface area contributed by atoms with Crippen molar-refractivity contribution < 1.29 is 13.9 Å². The van der Waals surface area contributed by atoms with Gasteiger partial charge >= 0.3 is 5.97 Å². The maximum Gasteiger partial charge on any atom is 0.339 e. The number of hydrogen-bond donors (Lipinski definition) is 1. The number of rotatable bonds is 2. The van der Waals surface area contributed by atoms with Crippen LogP contribution < -0.4 is 5.73 Å². The van der Waals surface area contributed by atoms with Crippen LogP contribution in [0, 0.1) is 5.82 Å². The number of esters is 1. The lowest BCUT2D eigenvalue weighted by Gasteiger charge is -2.06. The van der Waals surface area contributed by atoms with Gasteiger partial charge in [-0.05, 0) is 18.4 Å². The standard InChI is InChI=1S/C9H10FNO2S/c1-13-9(12)5-3-8(14-2)6(10)4-7(5)11/h3-4H,11H2,1-2H3. The first kappa shape index (κ1) is 10.8. The van der Waals surface area contributed by atoms with Gasteiger partial charge in [-0.25, -0.2) is 9.18 Å². The summed E-state index contributed by atoms with van der Waals surface area (Å²) in [5.74, 6) is -0.986. The van der Waals surface area contributed by atoms with Gasteiger partial charge in [0.05, 0.1) is 12.7 Å². The Morgan fingerprint density at radius 2 is 2.21 bits per heavy atom. The summed E-state index contributed by atoms with van der Waals surface area (Å²) in [4.78, 5) is 11.6. The lowest BCUT2D eigenvalue weighted by molar-refractivity contribution is 0.0601. The molecular formula is C9H10FNO2S. The molecule has 0 spiro atoms. The van der Waals surface area contributed by atoms with E-state index in [1.807, 2.05) is 0 Å². The summed E-state index contributed by atoms with van der Waals surface area (Å²) in [6.45, 7) is 0. The van der Waals surface area contributed by atoms with Crippen LogP contribution >= 0.6 is 11.8 Å². The summed E-state index contributed by atoms with van der Waals surface area (Å²) in [5, 5.41) is 0. The first-order valence-corrected chi connectivity index (χ1v) is 5.04. The van der Waals surface area contributed by atoms with E-state index in [1.54, 1.807) is 6.26 Å². The number of halogens is 1. The van der Waals surface area contributed by atoms with Crippen molar-refractivity contribution in [1.82, 2.24) is 0 Å². The van der Waals surface area contributed by atoms with E-state index in [0.717, 1.165) is 6.07 Å². The van der Waals surface area contributed by atoms with Gasteiger partial charge in [-0.3, -0.25) is 0 Å². The summed E-state index contributed by atoms with van der Waals surface area (Å²) >= 11 is 1.21. The summed E-state index contributed by atoms with van der Waals surface area (Å²) in [7, 11) is 1.25. The fourth-order valence-electron chi connectivity index (χ4n) is 1.01. The summed E-state index contributed by atoms with van der Waals surface area (Å²) in [6.07, 6.45) is 1.72. The third kappa shape index (κ3) is 1.98. The minimum atomic E-state index is -0.558. The predicted molar refractivity (Wildman–Crippen MR) is 53.9 cm³/mol. The van der Waals surface area contributed by atoms with Crippen LogP contribution in [0.3, 0.4) is 0 Å². The second-order valence-electron chi connectivity index (χ2n) is 2.57. The van der Waals surface area contributed by atoms with Crippen molar-refractivity contribution in [2.45, 2.75) is 4.90 Å². The number of hydrogen-bond acceptors (Lipinski definition) is 4. The molecule has 0 unspecified atom stereocenters. The minimum absolute atomic E-state index is 0.0900. The summed E-state index contributed by atoms with van der Waals surface area (Å²) < 4.78 is 17.7. The summed E-state index contributed by atoms with van der Waals surface area (Å²) in [5.41, 5.74) is 5.75. The van der Waals surface area contributed by atoms with Crippen molar-refractivity contribution >= 4 is 23.4 Å². The lowest BCUT2D eigenvalue weighted by Crippen LogP contribution is -2.06. The average Bonchev–Trinajstić information content (AvgIpc) is 2.17. The molecule has 0 aliphatic heterocycles. The second kappa shape index (κ2) is 4.32. The third-order valence-corrected chi connectivity index (χ3v) is 2.48. The fraction of sp³-hybridized carbons (Fsp3) is 0.222. The highest BCUT2D eigenvalue weighted by Gasteiger charge is 2.13. The minimum Gasteiger partial charge on any atom is -0.465 e. The van der Waals surface area contributed by atoms with Gasteiger partial charge < -0.3 is 10.5 Å². The largest absolute Gasteiger partial charge is 0.465 e. The molecule has 0 bridgehead atoms. The van der Waals surface area contributed by atoms with E-state index in [0.29, 0.717) is 4.90 Å². The van der Waals surface area contributed by atoms with Gasteiger partial charge in [0.1, 0.15) is 5.82 Å². The number of methoxy groups -OCH3 is 1. The van der Waals surface area contributed by atoms with Crippen molar-refractivity contribution in [3.63, 3.8) is 0 Å². The Kier molecular flexibility index (Phi) is 3.35. The van der Waals surface area contributed by atoms with E-state index in [4.69, 9.17) is 5.73 Å². The third-order valence-electron chi connectivity index (χ3n) is 1.73. The smallest absolute Gasteiger partial charge is 0.339 e. The van der Waals surface area contributed by atoms with E-state index < -0.39 is 11.8 Å². The number of nitrogen functional groups attached to an aromatic ring is 1. The van der Waals surface area contributed by atoms with Crippen LogP contribution in [0.2, 0.25) is 0 Å². The molecule has 0 amide bonds. The molecule has 0 atom stereocenters. The lowest BCUT2D eigenvalue weighted by atomic mass is 10.2. The van der Waals surface area contributed by atoms with Crippen molar-refractivity contribution in [2.24, 2.45) is 0 Å². The number of carbonyl (C=O) groups is 1. The SMILES string of the molecule is COC(=O)c1cc(SC)c(F)cc1N. The molecule has 14 heavy (non-hydrogen) atoms. The Bertz CT molecular complexity index is 368. The Hall–Kier alpha value is -1.23. The molecule has 5 heteroatoms. The van der Waals surface area contributed by atoms with Gasteiger partial charge in [0.25, 0.3) is 0 Å². The first-order valence-electron chi connectivity index (χ1n) is 3.81. The van der Waals surface area contributed by atoms with E-state index in [-0.39, 0.29) is 11.3 Å². The molecule has 1 rings (SSSR count). The number of carbonyl (C=O) groups excluding carboxylic acids is 1. The van der Waals surface area contributed by atoms with Gasteiger partial charge in [0, 0.05) is 10.6 Å². The number of benzene rings is 1. The van der Waals surface area contributed by atoms with Gasteiger partial charge in [-0.2, -0.15) is 0 Å². The number of anilines is 1. The number of ether oxygens (including phenoxy) is 1. The maximum atomic E-state index is 13.1. The van der Waals surface area contributed by atoms with E-state index in [9.17, 15) is 9.18 Å². The van der Waals surface area contributed by atoms with Crippen LogP contribution in [0.4, 0.5) is 10.1 Å². The van der Waals surface area contributed by atoms with E-state index >= 15 is 0 Å². The highest BCUT2D eigenvalue weighted by molar-refractivity contribution is 7.98. The Morgan fingerprint density at radius 3 is 2.71 bits per heavy atom. The zero-order valence-corrected chi connectivity index (χ0v) is 8.65. The number of thioether (sulfide) groups is 1. The molecule has 0 radical (unpaired) electrons. The molecule has 0 heterocycles. The van der Waals surface area contributed by atoms with Crippen molar-refractivity contribution in [3.8, 4) is 0 Å². The molecule has 1 aromatic rings. The van der Waals surface area contributed by atoms with Crippen molar-refractivity contribution in [3.05, 3.63) is 23.5 Å². The topological polar surface area (TPSA) is 52.3 Å². The molecule has 2 N–H and O–H groups in total. The molecule has 1 aromatic carbocycles. The Labute approximate surface area is 85.4 Å². The molecule has 0 aromatic heterocycles. The predicted octanol–water partition coefficient (Wildman–Crippen LogP) is 1.92. The fourth-order valence-corrected chi connectivity index (χ4v) is 1.50. The first-order chi connectivity index (χ1) is 6.60. The molecule has 0 aliphatic rings. The van der Waals surface area contributed by atoms with Crippen LogP contribution in [0.15, 0.2) is 17.0 Å². The average molecular weight is 215 g/mol. The monoisotopic (exact) mass is 215 g/mol. The molecule has 3 nitrogen and oxygen atoms in total. The van der Waals surface area contributed by atoms with Crippen LogP contribution in [-0.4, -0.2) is 19.3 Å². The zero-order chi connectivity index (χ0) is 10.7. The molecule has 0 aliphatic carbocycles. The van der Waals surface area contributed by atoms with Crippen molar-refractivity contribution in [2.75, 3.05) is 19.1 Å². The molecule has 0 saturated carbocycles. The van der Waals surface area contributed by atoms with Crippen LogP contribution in [0.5, 0.6) is 0 Å². The normalized spacial score (nSPS) is 9.93. The van der Waals surface area contributed by atoms with Gasteiger partial charge in [-0.15, -0.1) is 11.8 Å². The highest BCUT2D eigenvalue weighted by Crippen LogP contribution is 2.25. The Balaban J connectivity index is 3.24. The Morgan fingerprint density at radius 1 is 1.57 bits per heavy atom. The quantitative estimate of drug-likeness (QED) is 0.465. The highest BCUT2D eigenvalue weighted by atomic mass is 32.2. The van der Waals surface area contributed by atoms with E-state index in [1.165, 1.54) is 24.9 Å². The van der Waals surface area contributed by atoms with E-state index in [2.05, 4.69) is 4.74 Å². The summed E-state index contributed by atoms with van der Waals surface area (Å²) in [6, 6.07) is 2.51. The second-order valence-corrected chi connectivity index (χ2v) is 3.41. The van der Waals surface area contributed by atoms with Crippen LogP contribution in [-0.2, 0) is 4.74 Å². The molecular weight excluding hydrogens is 205 g/mol. The van der Waals surface area contributed by atoms with Gasteiger partial charge in [0.15, 0.2) is 0 Å². The van der Waals surface area contributed by atoms with Crippen molar-refractivity contribution in [1.29, 1.82) is 0 Å². The molecule has 76 valence electrons. The van der Waals surface area contributed by atoms with Crippen LogP contribution in [0.25, 0.3) is 0 Å². The number of nitrogens with two attached hydrogens (primary N) is 1. The molecule has 0 fully saturated rings.